The number of allylic oxidation sites excluding steroid dienone is 11. The van der Waals surface area contributed by atoms with E-state index in [1.807, 2.05) is 6.08 Å². The highest BCUT2D eigenvalue weighted by Crippen LogP contribution is 2.23. The number of hydrogen-bond acceptors (Lipinski definition) is 10. The average Bonchev–Trinajstić information content (AvgIpc) is 1.20. The summed E-state index contributed by atoms with van der Waals surface area (Å²) in [6.45, 7) is 4.30. The second-order valence-electron chi connectivity index (χ2n) is 27.4. The van der Waals surface area contributed by atoms with E-state index in [4.69, 9.17) is 14.2 Å². The molecule has 0 spiro atoms. The van der Waals surface area contributed by atoms with Gasteiger partial charge in [-0.3, -0.25) is 9.59 Å². The lowest BCUT2D eigenvalue weighted by molar-refractivity contribution is -0.302. The minimum Gasteiger partial charge on any atom is -0.466 e. The minimum atomic E-state index is -1.58. The molecule has 542 valence electrons. The predicted molar refractivity (Wildman–Crippen MR) is 393 cm³/mol. The highest BCUT2D eigenvalue weighted by atomic mass is 16.7. The monoisotopic (exact) mass is 1310 g/mol. The van der Waals surface area contributed by atoms with Crippen molar-refractivity contribution in [2.75, 3.05) is 19.8 Å². The van der Waals surface area contributed by atoms with Crippen molar-refractivity contribution in [1.82, 2.24) is 5.32 Å². The maximum absolute atomic E-state index is 13.1. The van der Waals surface area contributed by atoms with Crippen LogP contribution >= 0.6 is 0 Å². The summed E-state index contributed by atoms with van der Waals surface area (Å²) in [5, 5.41) is 54.4. The van der Waals surface area contributed by atoms with Crippen LogP contribution in [-0.2, 0) is 23.8 Å². The molecule has 1 fully saturated rings. The molecule has 1 aliphatic rings. The van der Waals surface area contributed by atoms with Crippen LogP contribution in [-0.4, -0.2) is 100 Å². The van der Waals surface area contributed by atoms with Crippen molar-refractivity contribution >= 4 is 11.9 Å². The quantitative estimate of drug-likeness (QED) is 0.0195. The Kier molecular flexibility index (Phi) is 66.7. The molecule has 0 radical (unpaired) electrons. The van der Waals surface area contributed by atoms with Crippen molar-refractivity contribution in [2.24, 2.45) is 0 Å². The Morgan fingerprint density at radius 1 is 0.398 bits per heavy atom. The number of nitrogens with one attached hydrogen (secondary N) is 1. The summed E-state index contributed by atoms with van der Waals surface area (Å²) in [6, 6.07) is -0.826. The van der Waals surface area contributed by atoms with Crippen molar-refractivity contribution in [3.63, 3.8) is 0 Å². The SMILES string of the molecule is CCCCC/C=C\C/C=C\CCCCCCCC(=O)OCCCCCCCCCCCCCCCCC/C=C\C/C=C\CCCCCCCCCCCCCCCCCCCC(=O)NC(COC1OC(CO)C(O)C(O)C1O)C(O)/C=C/CC/C=C/CCCCCCC. The number of carbonyl (C=O) groups excluding carboxylic acids is 2. The molecule has 1 rings (SSSR count). The van der Waals surface area contributed by atoms with Crippen LogP contribution in [0.15, 0.2) is 72.9 Å². The van der Waals surface area contributed by atoms with Gasteiger partial charge in [0.05, 0.1) is 32.0 Å². The lowest BCUT2D eigenvalue weighted by Gasteiger charge is -2.40. The largest absolute Gasteiger partial charge is 0.466 e. The van der Waals surface area contributed by atoms with Gasteiger partial charge in [-0.1, -0.05) is 324 Å². The summed E-state index contributed by atoms with van der Waals surface area (Å²) in [5.74, 6) is -0.189. The summed E-state index contributed by atoms with van der Waals surface area (Å²) in [4.78, 5) is 25.1. The third kappa shape index (κ3) is 58.9. The molecule has 1 aliphatic heterocycles. The molecule has 1 saturated heterocycles. The molecule has 0 aromatic rings. The van der Waals surface area contributed by atoms with Gasteiger partial charge >= 0.3 is 5.97 Å². The van der Waals surface area contributed by atoms with E-state index in [1.165, 1.54) is 276 Å². The Bertz CT molecular complexity index is 1780. The fourth-order valence-electron chi connectivity index (χ4n) is 12.3. The van der Waals surface area contributed by atoms with Crippen LogP contribution < -0.4 is 5.32 Å². The first-order chi connectivity index (χ1) is 45.7. The fraction of sp³-hybridized carbons (Fsp3) is 0.829. The summed E-state index contributed by atoms with van der Waals surface area (Å²) in [6.07, 6.45) is 86.6. The van der Waals surface area contributed by atoms with Crippen molar-refractivity contribution in [1.29, 1.82) is 0 Å². The lowest BCUT2D eigenvalue weighted by Crippen LogP contribution is -2.60. The van der Waals surface area contributed by atoms with Crippen LogP contribution in [0.3, 0.4) is 0 Å². The zero-order chi connectivity index (χ0) is 67.2. The van der Waals surface area contributed by atoms with Crippen LogP contribution in [0.4, 0.5) is 0 Å². The second kappa shape index (κ2) is 70.4. The number of hydrogen-bond donors (Lipinski definition) is 6. The molecule has 6 N–H and O–H groups in total. The molecule has 0 aromatic heterocycles. The van der Waals surface area contributed by atoms with Crippen molar-refractivity contribution in [2.45, 2.75) is 416 Å². The number of rotatable bonds is 70. The molecule has 1 heterocycles. The highest BCUT2D eigenvalue weighted by molar-refractivity contribution is 5.76. The van der Waals surface area contributed by atoms with Gasteiger partial charge in [0.1, 0.15) is 24.4 Å². The standard InChI is InChI=1S/C82H149NO10/c1-3-5-7-9-11-13-15-16-42-46-50-54-58-62-66-70-78(87)91-71-67-63-59-55-51-47-44-41-39-37-35-33-31-29-27-25-23-21-19-17-18-20-22-24-26-28-30-32-34-36-38-40-43-45-49-53-57-61-65-69-77(86)83-74(73-92-82-81(90)80(89)79(88)76(72-84)93-82)75(85)68-64-60-56-52-48-14-12-10-8-6-4-2/h11,13,16-18,21,23,42,48,52,64,68,74-76,79-82,84-85,88-90H,3-10,12,14-15,19-20,22,24-41,43-47,49-51,53-63,65-67,69-73H2,1-2H3,(H,83,86)/b13-11-,18-17-,23-21-,42-16-,52-48+,68-64+. The third-order valence-electron chi connectivity index (χ3n) is 18.5. The molecule has 7 atom stereocenters. The van der Waals surface area contributed by atoms with Crippen LogP contribution in [0, 0.1) is 0 Å². The number of aliphatic hydroxyl groups excluding tert-OH is 5. The zero-order valence-corrected chi connectivity index (χ0v) is 60.5. The second-order valence-corrected chi connectivity index (χ2v) is 27.4. The molecule has 7 unspecified atom stereocenters. The molecule has 11 heteroatoms. The first kappa shape index (κ1) is 88.1. The lowest BCUT2D eigenvalue weighted by atomic mass is 9.99. The van der Waals surface area contributed by atoms with E-state index in [0.717, 1.165) is 70.6 Å². The Hall–Kier alpha value is -2.90. The Morgan fingerprint density at radius 2 is 0.731 bits per heavy atom. The molecule has 0 aromatic carbocycles. The van der Waals surface area contributed by atoms with Crippen LogP contribution in [0.1, 0.15) is 373 Å². The van der Waals surface area contributed by atoms with E-state index in [-0.39, 0.29) is 18.5 Å². The molecule has 0 saturated carbocycles. The van der Waals surface area contributed by atoms with E-state index in [9.17, 15) is 35.1 Å². The zero-order valence-electron chi connectivity index (χ0n) is 60.5. The van der Waals surface area contributed by atoms with Gasteiger partial charge < -0.3 is 45.1 Å². The number of ether oxygens (including phenoxy) is 3. The molecular weight excluding hydrogens is 1160 g/mol. The number of esters is 1. The van der Waals surface area contributed by atoms with Gasteiger partial charge in [-0.25, -0.2) is 0 Å². The van der Waals surface area contributed by atoms with Crippen molar-refractivity contribution < 1.29 is 49.3 Å². The maximum atomic E-state index is 13.1. The average molecular weight is 1310 g/mol. The van der Waals surface area contributed by atoms with Gasteiger partial charge in [0.2, 0.25) is 5.91 Å². The van der Waals surface area contributed by atoms with Gasteiger partial charge in [-0.2, -0.15) is 0 Å². The summed E-state index contributed by atoms with van der Waals surface area (Å²) in [7, 11) is 0. The number of unbranched alkanes of at least 4 members (excludes halogenated alkanes) is 46. The van der Waals surface area contributed by atoms with E-state index < -0.39 is 49.5 Å². The van der Waals surface area contributed by atoms with Crippen LogP contribution in [0.25, 0.3) is 0 Å². The Balaban J connectivity index is 1.89. The smallest absolute Gasteiger partial charge is 0.305 e. The van der Waals surface area contributed by atoms with E-state index in [0.29, 0.717) is 19.4 Å². The highest BCUT2D eigenvalue weighted by Gasteiger charge is 2.44. The van der Waals surface area contributed by atoms with Gasteiger partial charge in [0.15, 0.2) is 6.29 Å². The molecule has 1 amide bonds. The molecule has 0 aliphatic carbocycles. The predicted octanol–water partition coefficient (Wildman–Crippen LogP) is 21.4. The van der Waals surface area contributed by atoms with Crippen molar-refractivity contribution in [3.05, 3.63) is 72.9 Å². The topological polar surface area (TPSA) is 175 Å². The first-order valence-corrected chi connectivity index (χ1v) is 39.7. The Morgan fingerprint density at radius 3 is 1.15 bits per heavy atom. The number of aliphatic hydroxyl groups is 5. The first-order valence-electron chi connectivity index (χ1n) is 39.7. The van der Waals surface area contributed by atoms with Gasteiger partial charge in [0.25, 0.3) is 0 Å². The maximum Gasteiger partial charge on any atom is 0.305 e. The molecule has 11 nitrogen and oxygen atoms in total. The van der Waals surface area contributed by atoms with Crippen LogP contribution in [0.5, 0.6) is 0 Å². The normalized spacial score (nSPS) is 17.9. The minimum absolute atomic E-state index is 0.000244. The van der Waals surface area contributed by atoms with Crippen molar-refractivity contribution in [3.8, 4) is 0 Å². The summed E-state index contributed by atoms with van der Waals surface area (Å²) >= 11 is 0. The third-order valence-corrected chi connectivity index (χ3v) is 18.5. The van der Waals surface area contributed by atoms with Crippen LogP contribution in [0.2, 0.25) is 0 Å². The fourth-order valence-corrected chi connectivity index (χ4v) is 12.3. The Labute approximate surface area is 572 Å². The van der Waals surface area contributed by atoms with E-state index in [2.05, 4.69) is 79.9 Å². The number of carbonyl (C=O) groups is 2. The molecule has 93 heavy (non-hydrogen) atoms. The van der Waals surface area contributed by atoms with E-state index in [1.54, 1.807) is 6.08 Å². The summed E-state index contributed by atoms with van der Waals surface area (Å²) < 4.78 is 16.7. The van der Waals surface area contributed by atoms with Gasteiger partial charge in [-0.05, 0) is 109 Å². The van der Waals surface area contributed by atoms with Gasteiger partial charge in [-0.15, -0.1) is 0 Å². The molecular formula is C82H149NO10. The summed E-state index contributed by atoms with van der Waals surface area (Å²) in [5.41, 5.74) is 0. The number of amides is 1. The van der Waals surface area contributed by atoms with E-state index >= 15 is 0 Å². The molecule has 0 bridgehead atoms. The van der Waals surface area contributed by atoms with Gasteiger partial charge in [0, 0.05) is 12.8 Å².